The maximum atomic E-state index is 10.9. The number of aryl methyl sites for hydroxylation is 2. The molecule has 1 aromatic carbocycles. The van der Waals surface area contributed by atoms with Crippen LogP contribution in [0.3, 0.4) is 0 Å². The summed E-state index contributed by atoms with van der Waals surface area (Å²) in [5.41, 5.74) is 1.36. The largest absolute Gasteiger partial charge is 0.507 e. The van der Waals surface area contributed by atoms with Gasteiger partial charge in [-0.2, -0.15) is 0 Å². The lowest BCUT2D eigenvalue weighted by Crippen LogP contribution is -2.65. The normalized spacial score (nSPS) is 25.4. The Morgan fingerprint density at radius 1 is 0.780 bits per heavy atom. The fourth-order valence-corrected chi connectivity index (χ4v) is 9.32. The number of aromatic hydroxyl groups is 1. The Bertz CT molecular complexity index is 933. The fraction of sp³-hybridized carbons (Fsp3) is 0.824. The smallest absolute Gasteiger partial charge is 0.121 e. The van der Waals surface area contributed by atoms with Crippen LogP contribution in [0.1, 0.15) is 124 Å². The molecule has 0 radical (unpaired) electrons. The summed E-state index contributed by atoms with van der Waals surface area (Å²) in [7, 11) is 0. The van der Waals surface area contributed by atoms with E-state index in [0.717, 1.165) is 61.6 Å². The van der Waals surface area contributed by atoms with Gasteiger partial charge in [0.2, 0.25) is 0 Å². The average Bonchev–Trinajstić information content (AvgIpc) is 2.78. The van der Waals surface area contributed by atoms with Crippen molar-refractivity contribution in [3.05, 3.63) is 28.8 Å². The lowest BCUT2D eigenvalue weighted by Gasteiger charge is -2.56. The fourth-order valence-electron chi connectivity index (χ4n) is 9.32. The number of hydrogen-bond acceptors (Lipinski definition) is 7. The summed E-state index contributed by atoms with van der Waals surface area (Å²) in [5.74, 6) is 0.368. The standard InChI is InChI=1S/C34H60N2O5/c1-12-13-14-34(17-24-15-22(2)27(37)23(3)16-24,28(40-38)25-18-30(4,5)35-31(6,7)19-25)29(41-39)26-20-32(8,9)36-33(10,11)21-26/h15-16,25-26,28-29,35-39H,12-14,17-21H2,1-11H3. The van der Waals surface area contributed by atoms with Gasteiger partial charge in [0.15, 0.2) is 0 Å². The van der Waals surface area contributed by atoms with Crippen LogP contribution in [0, 0.1) is 31.1 Å². The molecule has 41 heavy (non-hydrogen) atoms. The third-order valence-corrected chi connectivity index (χ3v) is 9.74. The molecule has 5 N–H and O–H groups in total. The number of benzene rings is 1. The third kappa shape index (κ3) is 8.04. The van der Waals surface area contributed by atoms with E-state index in [4.69, 9.17) is 9.78 Å². The van der Waals surface area contributed by atoms with Crippen LogP contribution < -0.4 is 10.6 Å². The molecular weight excluding hydrogens is 516 g/mol. The molecule has 2 heterocycles. The zero-order chi connectivity index (χ0) is 31.0. The Morgan fingerprint density at radius 3 is 1.46 bits per heavy atom. The number of rotatable bonds is 11. The summed E-state index contributed by atoms with van der Waals surface area (Å²) in [4.78, 5) is 11.4. The summed E-state index contributed by atoms with van der Waals surface area (Å²) >= 11 is 0. The summed E-state index contributed by atoms with van der Waals surface area (Å²) < 4.78 is 0. The maximum absolute atomic E-state index is 10.9. The summed E-state index contributed by atoms with van der Waals surface area (Å²) in [6.45, 7) is 23.8. The van der Waals surface area contributed by atoms with Gasteiger partial charge in [-0.25, -0.2) is 9.78 Å². The van der Waals surface area contributed by atoms with Gasteiger partial charge in [-0.15, -0.1) is 0 Å². The molecule has 0 aliphatic carbocycles. The predicted molar refractivity (Wildman–Crippen MR) is 166 cm³/mol. The topological polar surface area (TPSA) is 103 Å². The van der Waals surface area contributed by atoms with Crippen molar-refractivity contribution in [2.75, 3.05) is 0 Å². The molecule has 3 rings (SSSR count). The van der Waals surface area contributed by atoms with Gasteiger partial charge in [0, 0.05) is 27.6 Å². The van der Waals surface area contributed by atoms with Crippen molar-refractivity contribution < 1.29 is 25.4 Å². The Kier molecular flexibility index (Phi) is 10.4. The van der Waals surface area contributed by atoms with Gasteiger partial charge in [0.1, 0.15) is 18.0 Å². The monoisotopic (exact) mass is 576 g/mol. The number of phenols is 1. The van der Waals surface area contributed by atoms with E-state index in [9.17, 15) is 15.6 Å². The van der Waals surface area contributed by atoms with Crippen molar-refractivity contribution in [1.82, 2.24) is 10.6 Å². The quantitative estimate of drug-likeness (QED) is 0.137. The molecule has 0 aromatic heterocycles. The van der Waals surface area contributed by atoms with E-state index in [1.54, 1.807) is 0 Å². The van der Waals surface area contributed by atoms with Crippen LogP contribution in [0.25, 0.3) is 0 Å². The molecule has 0 bridgehead atoms. The minimum Gasteiger partial charge on any atom is -0.507 e. The maximum Gasteiger partial charge on any atom is 0.121 e. The molecule has 0 saturated carbocycles. The first kappa shape index (κ1) is 34.3. The second-order valence-electron chi connectivity index (χ2n) is 16.3. The lowest BCUT2D eigenvalue weighted by molar-refractivity contribution is -0.375. The average molecular weight is 577 g/mol. The predicted octanol–water partition coefficient (Wildman–Crippen LogP) is 7.56. The van der Waals surface area contributed by atoms with Crippen molar-refractivity contribution in [2.45, 2.75) is 162 Å². The van der Waals surface area contributed by atoms with E-state index in [1.165, 1.54) is 0 Å². The van der Waals surface area contributed by atoms with Crippen molar-refractivity contribution in [3.63, 3.8) is 0 Å². The summed E-state index contributed by atoms with van der Waals surface area (Å²) in [6, 6.07) is 4.08. The lowest BCUT2D eigenvalue weighted by atomic mass is 9.57. The molecule has 0 amide bonds. The Morgan fingerprint density at radius 2 is 1.15 bits per heavy atom. The summed E-state index contributed by atoms with van der Waals surface area (Å²) in [6.07, 6.45) is 5.33. The highest BCUT2D eigenvalue weighted by molar-refractivity contribution is 5.42. The number of hydrogen-bond donors (Lipinski definition) is 5. The van der Waals surface area contributed by atoms with Crippen LogP contribution in [-0.2, 0) is 16.2 Å². The molecule has 2 saturated heterocycles. The van der Waals surface area contributed by atoms with Gasteiger partial charge in [-0.1, -0.05) is 31.9 Å². The Hall–Kier alpha value is -1.22. The van der Waals surface area contributed by atoms with Crippen molar-refractivity contribution in [1.29, 1.82) is 0 Å². The zero-order valence-corrected chi connectivity index (χ0v) is 27.8. The van der Waals surface area contributed by atoms with Gasteiger partial charge in [-0.05, 0) is 136 Å². The highest BCUT2D eigenvalue weighted by atomic mass is 17.1. The van der Waals surface area contributed by atoms with Gasteiger partial charge in [0.25, 0.3) is 0 Å². The number of unbranched alkanes of at least 4 members (excludes halogenated alkanes) is 1. The Labute approximate surface area is 249 Å². The van der Waals surface area contributed by atoms with Crippen LogP contribution >= 0.6 is 0 Å². The van der Waals surface area contributed by atoms with E-state index in [0.29, 0.717) is 12.2 Å². The van der Waals surface area contributed by atoms with Crippen LogP contribution in [0.5, 0.6) is 5.75 Å². The molecule has 0 spiro atoms. The molecular formula is C34H60N2O5. The van der Waals surface area contributed by atoms with E-state index < -0.39 is 17.6 Å². The summed E-state index contributed by atoms with van der Waals surface area (Å²) in [5, 5.41) is 40.0. The molecule has 2 aliphatic rings. The number of piperidine rings is 2. The van der Waals surface area contributed by atoms with Gasteiger partial charge < -0.3 is 15.7 Å². The molecule has 2 aliphatic heterocycles. The van der Waals surface area contributed by atoms with E-state index >= 15 is 0 Å². The van der Waals surface area contributed by atoms with Crippen molar-refractivity contribution >= 4 is 0 Å². The number of nitrogens with one attached hydrogen (secondary N) is 2. The number of phenolic OH excluding ortho intramolecular Hbond substituents is 1. The highest BCUT2D eigenvalue weighted by Crippen LogP contribution is 2.52. The molecule has 236 valence electrons. The zero-order valence-electron chi connectivity index (χ0n) is 27.8. The molecule has 2 unspecified atom stereocenters. The first-order valence-electron chi connectivity index (χ1n) is 15.8. The molecule has 2 fully saturated rings. The van der Waals surface area contributed by atoms with Gasteiger partial charge in [0.05, 0.1) is 0 Å². The third-order valence-electron chi connectivity index (χ3n) is 9.74. The second-order valence-corrected chi connectivity index (χ2v) is 16.3. The van der Waals surface area contributed by atoms with E-state index in [2.05, 4.69) is 72.9 Å². The van der Waals surface area contributed by atoms with Crippen LogP contribution in [0.15, 0.2) is 12.1 Å². The van der Waals surface area contributed by atoms with Crippen molar-refractivity contribution in [3.8, 4) is 5.75 Å². The Balaban J connectivity index is 2.25. The van der Waals surface area contributed by atoms with Gasteiger partial charge >= 0.3 is 0 Å². The van der Waals surface area contributed by atoms with E-state index in [1.807, 2.05) is 26.0 Å². The minimum absolute atomic E-state index is 0.0304. The minimum atomic E-state index is -0.725. The van der Waals surface area contributed by atoms with Crippen molar-refractivity contribution in [2.24, 2.45) is 17.3 Å². The van der Waals surface area contributed by atoms with E-state index in [-0.39, 0.29) is 34.0 Å². The first-order valence-corrected chi connectivity index (χ1v) is 15.8. The highest BCUT2D eigenvalue weighted by Gasteiger charge is 2.57. The van der Waals surface area contributed by atoms with Gasteiger partial charge in [-0.3, -0.25) is 10.5 Å². The van der Waals surface area contributed by atoms with Crippen LogP contribution in [0.4, 0.5) is 0 Å². The van der Waals surface area contributed by atoms with Crippen LogP contribution in [0.2, 0.25) is 0 Å². The molecule has 1 aromatic rings. The SMILES string of the molecule is CCCCC(Cc1cc(C)c(O)c(C)c1)(C(OO)C1CC(C)(C)NC(C)(C)C1)C(OO)C1CC(C)(C)NC(C)(C)C1. The molecule has 7 nitrogen and oxygen atoms in total. The second kappa shape index (κ2) is 12.4. The molecule has 2 atom stereocenters. The molecule has 7 heteroatoms. The van der Waals surface area contributed by atoms with Crippen LogP contribution in [-0.4, -0.2) is 50.0 Å². The first-order chi connectivity index (χ1) is 18.8.